The van der Waals surface area contributed by atoms with Crippen molar-refractivity contribution >= 4 is 34.4 Å². The van der Waals surface area contributed by atoms with Gasteiger partial charge in [0.1, 0.15) is 17.2 Å². The Morgan fingerprint density at radius 1 is 1.36 bits per heavy atom. The molecule has 1 aromatic carbocycles. The highest BCUT2D eigenvalue weighted by molar-refractivity contribution is 7.98. The van der Waals surface area contributed by atoms with E-state index in [4.69, 9.17) is 10.5 Å². The maximum absolute atomic E-state index is 12.4. The maximum atomic E-state index is 12.4. The molecule has 0 radical (unpaired) electrons. The number of anilines is 1. The average molecular weight is 359 g/mol. The lowest BCUT2D eigenvalue weighted by Crippen LogP contribution is -2.18. The van der Waals surface area contributed by atoms with E-state index in [1.807, 2.05) is 24.3 Å². The van der Waals surface area contributed by atoms with Crippen LogP contribution in [0.1, 0.15) is 16.2 Å². The predicted molar refractivity (Wildman–Crippen MR) is 97.3 cm³/mol. The van der Waals surface area contributed by atoms with Gasteiger partial charge in [0.15, 0.2) is 0 Å². The van der Waals surface area contributed by atoms with Crippen molar-refractivity contribution < 1.29 is 9.53 Å². The first kappa shape index (κ1) is 16.9. The molecule has 0 saturated carbocycles. The number of rotatable bonds is 6. The molecule has 9 heteroatoms. The van der Waals surface area contributed by atoms with Crippen molar-refractivity contribution in [2.45, 2.75) is 11.6 Å². The van der Waals surface area contributed by atoms with E-state index in [-0.39, 0.29) is 17.5 Å². The van der Waals surface area contributed by atoms with Gasteiger partial charge in [-0.25, -0.2) is 4.98 Å². The number of thioether (sulfide) groups is 1. The molecule has 5 N–H and O–H groups in total. The summed E-state index contributed by atoms with van der Waals surface area (Å²) < 4.78 is 5.27. The summed E-state index contributed by atoms with van der Waals surface area (Å²) in [6.07, 6.45) is 1.79. The number of methoxy groups -OCH3 is 1. The fourth-order valence-electron chi connectivity index (χ4n) is 2.57. The van der Waals surface area contributed by atoms with Gasteiger partial charge in [-0.2, -0.15) is 0 Å². The summed E-state index contributed by atoms with van der Waals surface area (Å²) in [5.41, 5.74) is 6.26. The van der Waals surface area contributed by atoms with E-state index in [1.54, 1.807) is 13.4 Å². The van der Waals surface area contributed by atoms with E-state index in [9.17, 15) is 9.59 Å². The van der Waals surface area contributed by atoms with Gasteiger partial charge in [0.05, 0.1) is 35.3 Å². The smallest absolute Gasteiger partial charge is 0.261 e. The first-order valence-corrected chi connectivity index (χ1v) is 8.63. The molecule has 25 heavy (non-hydrogen) atoms. The van der Waals surface area contributed by atoms with Crippen LogP contribution in [-0.2, 0) is 6.54 Å². The standard InChI is InChI=1S/C16H17N5O3S/c1-24-9-6-4-3-5-8(9)18-7-10-19-14-12(15(23)20-10)11(13(17)22)16(21-14)25-2/h3-6,18H,7H2,1-2H3,(H2,17,22)(H2,19,20,21,23). The third-order valence-electron chi connectivity index (χ3n) is 3.68. The number of nitrogens with two attached hydrogens (primary N) is 1. The molecule has 8 nitrogen and oxygen atoms in total. The van der Waals surface area contributed by atoms with Crippen molar-refractivity contribution in [1.82, 2.24) is 15.0 Å². The van der Waals surface area contributed by atoms with E-state index in [2.05, 4.69) is 20.3 Å². The van der Waals surface area contributed by atoms with E-state index in [1.165, 1.54) is 11.8 Å². The number of hydrogen-bond donors (Lipinski definition) is 4. The maximum Gasteiger partial charge on any atom is 0.261 e. The van der Waals surface area contributed by atoms with E-state index in [0.717, 1.165) is 5.69 Å². The largest absolute Gasteiger partial charge is 0.495 e. The summed E-state index contributed by atoms with van der Waals surface area (Å²) in [5.74, 6) is 0.447. The molecule has 3 rings (SSSR count). The van der Waals surface area contributed by atoms with Gasteiger partial charge < -0.3 is 25.8 Å². The Morgan fingerprint density at radius 3 is 2.80 bits per heavy atom. The van der Waals surface area contributed by atoms with Gasteiger partial charge in [0, 0.05) is 0 Å². The van der Waals surface area contributed by atoms with E-state index >= 15 is 0 Å². The van der Waals surface area contributed by atoms with Crippen LogP contribution in [0, 0.1) is 0 Å². The Bertz CT molecular complexity index is 995. The number of aromatic amines is 2. The number of carbonyl (C=O) groups is 1. The lowest BCUT2D eigenvalue weighted by molar-refractivity contribution is 0.0999. The summed E-state index contributed by atoms with van der Waals surface area (Å²) in [6, 6.07) is 7.43. The first-order chi connectivity index (χ1) is 12.0. The van der Waals surface area contributed by atoms with Crippen molar-refractivity contribution in [3.8, 4) is 5.75 Å². The third-order valence-corrected chi connectivity index (χ3v) is 4.40. The summed E-state index contributed by atoms with van der Waals surface area (Å²) in [7, 11) is 1.58. The lowest BCUT2D eigenvalue weighted by Gasteiger charge is -2.10. The number of benzene rings is 1. The minimum Gasteiger partial charge on any atom is -0.495 e. The zero-order valence-corrected chi connectivity index (χ0v) is 14.5. The quantitative estimate of drug-likeness (QED) is 0.496. The highest BCUT2D eigenvalue weighted by Gasteiger charge is 2.20. The Morgan fingerprint density at radius 2 is 2.12 bits per heavy atom. The third kappa shape index (κ3) is 3.18. The molecule has 0 fully saturated rings. The molecule has 1 amide bonds. The van der Waals surface area contributed by atoms with Crippen LogP contribution in [0.2, 0.25) is 0 Å². The van der Waals surface area contributed by atoms with Gasteiger partial charge in [0.2, 0.25) is 0 Å². The number of nitrogens with one attached hydrogen (secondary N) is 3. The van der Waals surface area contributed by atoms with Gasteiger partial charge in [-0.05, 0) is 18.4 Å². The summed E-state index contributed by atoms with van der Waals surface area (Å²) in [5, 5.41) is 3.86. The number of hydrogen-bond acceptors (Lipinski definition) is 6. The number of amides is 1. The summed E-state index contributed by atoms with van der Waals surface area (Å²) in [4.78, 5) is 34.1. The van der Waals surface area contributed by atoms with Crippen LogP contribution in [0.25, 0.3) is 11.0 Å². The van der Waals surface area contributed by atoms with Gasteiger partial charge in [-0.15, -0.1) is 11.8 Å². The van der Waals surface area contributed by atoms with Crippen LogP contribution in [0.5, 0.6) is 5.75 Å². The molecule has 0 aliphatic rings. The van der Waals surface area contributed by atoms with Crippen molar-refractivity contribution in [2.75, 3.05) is 18.7 Å². The molecule has 2 aromatic heterocycles. The Hall–Kier alpha value is -2.94. The Kier molecular flexibility index (Phi) is 4.66. The highest BCUT2D eigenvalue weighted by Crippen LogP contribution is 2.25. The number of primary amides is 1. The van der Waals surface area contributed by atoms with Crippen LogP contribution < -0.4 is 21.3 Å². The first-order valence-electron chi connectivity index (χ1n) is 7.40. The average Bonchev–Trinajstić information content (AvgIpc) is 2.99. The molecule has 130 valence electrons. The number of carbonyl (C=O) groups excluding carboxylic acids is 1. The number of para-hydroxylation sites is 2. The molecule has 0 aliphatic carbocycles. The predicted octanol–water partition coefficient (Wildman–Crippen LogP) is 1.69. The molecular weight excluding hydrogens is 342 g/mol. The molecule has 0 bridgehead atoms. The second-order valence-corrected chi connectivity index (χ2v) is 6.00. The van der Waals surface area contributed by atoms with Crippen LogP contribution in [0.3, 0.4) is 0 Å². The molecule has 2 heterocycles. The number of H-pyrrole nitrogens is 2. The Labute approximate surface area is 147 Å². The zero-order chi connectivity index (χ0) is 18.0. The minimum atomic E-state index is -0.664. The van der Waals surface area contributed by atoms with Gasteiger partial charge in [-0.3, -0.25) is 9.59 Å². The molecule has 0 aliphatic heterocycles. The monoisotopic (exact) mass is 359 g/mol. The number of ether oxygens (including phenoxy) is 1. The van der Waals surface area contributed by atoms with Crippen LogP contribution in [-0.4, -0.2) is 34.2 Å². The van der Waals surface area contributed by atoms with Crippen molar-refractivity contribution in [1.29, 1.82) is 0 Å². The van der Waals surface area contributed by atoms with Gasteiger partial charge in [0.25, 0.3) is 11.5 Å². The second-order valence-electron chi connectivity index (χ2n) is 5.19. The molecule has 0 atom stereocenters. The Balaban J connectivity index is 1.96. The van der Waals surface area contributed by atoms with Crippen molar-refractivity contribution in [3.05, 3.63) is 46.0 Å². The molecule has 3 aromatic rings. The zero-order valence-electron chi connectivity index (χ0n) is 13.7. The van der Waals surface area contributed by atoms with Gasteiger partial charge in [-0.1, -0.05) is 12.1 Å². The number of fused-ring (bicyclic) bond motifs is 1. The second kappa shape index (κ2) is 6.89. The van der Waals surface area contributed by atoms with Gasteiger partial charge >= 0.3 is 0 Å². The normalized spacial score (nSPS) is 10.8. The summed E-state index contributed by atoms with van der Waals surface area (Å²) >= 11 is 1.30. The minimum absolute atomic E-state index is 0.167. The van der Waals surface area contributed by atoms with E-state index < -0.39 is 11.5 Å². The fraction of sp³-hybridized carbons (Fsp3) is 0.188. The topological polar surface area (TPSA) is 126 Å². The summed E-state index contributed by atoms with van der Waals surface area (Å²) in [6.45, 7) is 0.283. The van der Waals surface area contributed by atoms with Crippen LogP contribution in [0.15, 0.2) is 34.1 Å². The molecular formula is C16H17N5O3S. The fourth-order valence-corrected chi connectivity index (χ4v) is 3.17. The lowest BCUT2D eigenvalue weighted by atomic mass is 10.2. The van der Waals surface area contributed by atoms with E-state index in [0.29, 0.717) is 22.2 Å². The molecule has 0 saturated heterocycles. The molecule has 0 spiro atoms. The van der Waals surface area contributed by atoms with Crippen LogP contribution in [0.4, 0.5) is 5.69 Å². The number of nitrogens with zero attached hydrogens (tertiary/aromatic N) is 1. The molecule has 0 unspecified atom stereocenters. The SMILES string of the molecule is COc1ccccc1NCc1nc2[nH]c(SC)c(C(N)=O)c2c(=O)[nH]1. The highest BCUT2D eigenvalue weighted by atomic mass is 32.2. The van der Waals surface area contributed by atoms with Crippen LogP contribution >= 0.6 is 11.8 Å². The van der Waals surface area contributed by atoms with Crippen molar-refractivity contribution in [2.24, 2.45) is 5.73 Å². The number of aromatic nitrogens is 3. The van der Waals surface area contributed by atoms with Crippen molar-refractivity contribution in [3.63, 3.8) is 0 Å².